The van der Waals surface area contributed by atoms with Crippen LogP contribution in [0.15, 0.2) is 59.8 Å². The van der Waals surface area contributed by atoms with Crippen LogP contribution in [0.4, 0.5) is 0 Å². The highest BCUT2D eigenvalue weighted by molar-refractivity contribution is 7.86. The van der Waals surface area contributed by atoms with Crippen LogP contribution in [0.3, 0.4) is 0 Å². The lowest BCUT2D eigenvalue weighted by Gasteiger charge is -2.24. The summed E-state index contributed by atoms with van der Waals surface area (Å²) in [5.74, 6) is 0.760. The molecule has 37 heavy (non-hydrogen) atoms. The second-order valence-corrected chi connectivity index (χ2v) is 11.0. The van der Waals surface area contributed by atoms with Gasteiger partial charge in [0.05, 0.1) is 35.7 Å². The molecule has 1 aliphatic rings. The van der Waals surface area contributed by atoms with E-state index in [4.69, 9.17) is 13.7 Å². The molecule has 2 aromatic heterocycles. The van der Waals surface area contributed by atoms with Crippen LogP contribution in [0.25, 0.3) is 11.4 Å². The van der Waals surface area contributed by atoms with Gasteiger partial charge in [0, 0.05) is 12.8 Å². The molecule has 1 saturated heterocycles. The molecule has 1 unspecified atom stereocenters. The van der Waals surface area contributed by atoms with Crippen LogP contribution in [0.2, 0.25) is 0 Å². The van der Waals surface area contributed by atoms with Crippen molar-refractivity contribution in [3.63, 3.8) is 0 Å². The van der Waals surface area contributed by atoms with Crippen LogP contribution in [0.1, 0.15) is 69.6 Å². The Morgan fingerprint density at radius 2 is 1.70 bits per heavy atom. The highest BCUT2D eigenvalue weighted by Gasteiger charge is 2.20. The van der Waals surface area contributed by atoms with E-state index < -0.39 is 10.1 Å². The molecule has 0 spiro atoms. The van der Waals surface area contributed by atoms with Crippen molar-refractivity contribution in [1.29, 1.82) is 0 Å². The average Bonchev–Trinajstić information content (AvgIpc) is 3.41. The molecule has 4 rings (SSSR count). The van der Waals surface area contributed by atoms with Gasteiger partial charge in [0.1, 0.15) is 5.75 Å². The molecule has 200 valence electrons. The third kappa shape index (κ3) is 8.12. The van der Waals surface area contributed by atoms with Crippen LogP contribution in [-0.2, 0) is 19.0 Å². The Morgan fingerprint density at radius 1 is 0.946 bits per heavy atom. The molecule has 1 fully saturated rings. The van der Waals surface area contributed by atoms with E-state index in [2.05, 4.69) is 10.1 Å². The standard InChI is InChI=1S/C28H37N3O5S/c1-23-11-14-25(15-12-23)37(32,33)36-21-8-5-3-2-4-7-19-34-24-13-16-26(29-22-24)27-17-18-30-31(27)28-10-6-9-20-35-28/h11-18,22,28H,2-10,19-21H2,1H3. The van der Waals surface area contributed by atoms with Gasteiger partial charge in [0.15, 0.2) is 6.23 Å². The zero-order valence-electron chi connectivity index (χ0n) is 21.5. The summed E-state index contributed by atoms with van der Waals surface area (Å²) in [5.41, 5.74) is 2.83. The minimum Gasteiger partial charge on any atom is -0.492 e. The topological polar surface area (TPSA) is 92.5 Å². The number of hydrogen-bond donors (Lipinski definition) is 0. The Balaban J connectivity index is 1.07. The maximum Gasteiger partial charge on any atom is 0.296 e. The van der Waals surface area contributed by atoms with Crippen LogP contribution >= 0.6 is 0 Å². The van der Waals surface area contributed by atoms with Gasteiger partial charge in [-0.1, -0.05) is 43.4 Å². The molecule has 9 heteroatoms. The van der Waals surface area contributed by atoms with E-state index in [-0.39, 0.29) is 17.7 Å². The highest BCUT2D eigenvalue weighted by atomic mass is 32.2. The second kappa shape index (κ2) is 13.7. The third-order valence-electron chi connectivity index (χ3n) is 6.45. The van der Waals surface area contributed by atoms with Gasteiger partial charge in [-0.25, -0.2) is 4.68 Å². The molecule has 3 heterocycles. The van der Waals surface area contributed by atoms with Crippen molar-refractivity contribution in [3.05, 3.63) is 60.4 Å². The molecule has 3 aromatic rings. The smallest absolute Gasteiger partial charge is 0.296 e. The Morgan fingerprint density at radius 3 is 2.41 bits per heavy atom. The first kappa shape index (κ1) is 27.3. The first-order chi connectivity index (χ1) is 18.0. The summed E-state index contributed by atoms with van der Waals surface area (Å²) in [6, 6.07) is 12.6. The average molecular weight is 528 g/mol. The number of pyridine rings is 1. The quantitative estimate of drug-likeness (QED) is 0.185. The molecule has 8 nitrogen and oxygen atoms in total. The minimum atomic E-state index is -3.66. The summed E-state index contributed by atoms with van der Waals surface area (Å²) in [6.07, 6.45) is 12.6. The van der Waals surface area contributed by atoms with Gasteiger partial charge in [-0.2, -0.15) is 13.5 Å². The van der Waals surface area contributed by atoms with Gasteiger partial charge in [-0.15, -0.1) is 0 Å². The van der Waals surface area contributed by atoms with E-state index in [0.29, 0.717) is 6.61 Å². The van der Waals surface area contributed by atoms with Crippen molar-refractivity contribution in [2.24, 2.45) is 0 Å². The lowest BCUT2D eigenvalue weighted by molar-refractivity contribution is -0.0384. The van der Waals surface area contributed by atoms with Crippen LogP contribution in [0.5, 0.6) is 5.75 Å². The Labute approximate surface area is 220 Å². The summed E-state index contributed by atoms with van der Waals surface area (Å²) in [5, 5.41) is 4.45. The van der Waals surface area contributed by atoms with Crippen molar-refractivity contribution in [1.82, 2.24) is 14.8 Å². The normalized spacial score (nSPS) is 16.1. The Bertz CT molecular complexity index is 1190. The van der Waals surface area contributed by atoms with E-state index in [1.807, 2.05) is 29.8 Å². The van der Waals surface area contributed by atoms with Crippen LogP contribution < -0.4 is 4.74 Å². The Kier molecular flexibility index (Phi) is 10.1. The number of nitrogens with zero attached hydrogens (tertiary/aromatic N) is 3. The summed E-state index contributed by atoms with van der Waals surface area (Å²) in [4.78, 5) is 4.79. The minimum absolute atomic E-state index is 0.0179. The molecule has 0 saturated carbocycles. The molecule has 1 aromatic carbocycles. The van der Waals surface area contributed by atoms with Gasteiger partial charge in [-0.3, -0.25) is 9.17 Å². The van der Waals surface area contributed by atoms with Gasteiger partial charge >= 0.3 is 0 Å². The predicted molar refractivity (Wildman–Crippen MR) is 142 cm³/mol. The first-order valence-corrected chi connectivity index (χ1v) is 14.6. The van der Waals surface area contributed by atoms with E-state index in [0.717, 1.165) is 87.1 Å². The maximum atomic E-state index is 12.2. The monoisotopic (exact) mass is 527 g/mol. The number of aryl methyl sites for hydroxylation is 1. The molecule has 0 N–H and O–H groups in total. The van der Waals surface area contributed by atoms with E-state index in [1.54, 1.807) is 36.7 Å². The predicted octanol–water partition coefficient (Wildman–Crippen LogP) is 6.08. The fourth-order valence-corrected chi connectivity index (χ4v) is 5.27. The largest absolute Gasteiger partial charge is 0.492 e. The highest BCUT2D eigenvalue weighted by Crippen LogP contribution is 2.28. The van der Waals surface area contributed by atoms with Gasteiger partial charge in [0.2, 0.25) is 0 Å². The Hall–Kier alpha value is -2.75. The summed E-state index contributed by atoms with van der Waals surface area (Å²) in [7, 11) is -3.66. The van der Waals surface area contributed by atoms with E-state index >= 15 is 0 Å². The van der Waals surface area contributed by atoms with E-state index in [1.165, 1.54) is 0 Å². The van der Waals surface area contributed by atoms with Crippen molar-refractivity contribution >= 4 is 10.1 Å². The third-order valence-corrected chi connectivity index (χ3v) is 7.78. The lowest BCUT2D eigenvalue weighted by atomic mass is 10.1. The molecule has 0 bridgehead atoms. The van der Waals surface area contributed by atoms with Crippen molar-refractivity contribution in [3.8, 4) is 17.1 Å². The molecule has 1 atom stereocenters. The number of benzene rings is 1. The van der Waals surface area contributed by atoms with Gasteiger partial charge in [0.25, 0.3) is 10.1 Å². The van der Waals surface area contributed by atoms with Crippen molar-refractivity contribution < 1.29 is 22.1 Å². The van der Waals surface area contributed by atoms with Crippen molar-refractivity contribution in [2.45, 2.75) is 75.8 Å². The molecule has 0 aliphatic carbocycles. The number of rotatable bonds is 14. The van der Waals surface area contributed by atoms with Gasteiger partial charge in [-0.05, 0) is 69.4 Å². The number of aromatic nitrogens is 3. The number of ether oxygens (including phenoxy) is 2. The first-order valence-electron chi connectivity index (χ1n) is 13.2. The maximum absolute atomic E-state index is 12.2. The summed E-state index contributed by atoms with van der Waals surface area (Å²) >= 11 is 0. The fraction of sp³-hybridized carbons (Fsp3) is 0.500. The molecule has 0 radical (unpaired) electrons. The summed E-state index contributed by atoms with van der Waals surface area (Å²) in [6.45, 7) is 3.56. The molecular weight excluding hydrogens is 490 g/mol. The number of unbranched alkanes of at least 4 members (excludes halogenated alkanes) is 5. The zero-order valence-corrected chi connectivity index (χ0v) is 22.4. The summed E-state index contributed by atoms with van der Waals surface area (Å²) < 4.78 is 43.2. The molecule has 0 amide bonds. The van der Waals surface area contributed by atoms with Gasteiger partial charge < -0.3 is 9.47 Å². The van der Waals surface area contributed by atoms with Crippen molar-refractivity contribution in [2.75, 3.05) is 19.8 Å². The second-order valence-electron chi connectivity index (χ2n) is 9.42. The SMILES string of the molecule is Cc1ccc(S(=O)(=O)OCCCCCCCCOc2ccc(-c3ccnn3C3CCCCO3)nc2)cc1. The molecular formula is C28H37N3O5S. The lowest BCUT2D eigenvalue weighted by Crippen LogP contribution is -2.20. The zero-order chi connectivity index (χ0) is 25.9. The number of hydrogen-bond acceptors (Lipinski definition) is 7. The molecule has 1 aliphatic heterocycles. The van der Waals surface area contributed by atoms with E-state index in [9.17, 15) is 8.42 Å². The van der Waals surface area contributed by atoms with Crippen LogP contribution in [-0.4, -0.2) is 43.0 Å². The fourth-order valence-electron chi connectivity index (χ4n) is 4.32. The van der Waals surface area contributed by atoms with Crippen LogP contribution in [0, 0.1) is 6.92 Å².